The maximum Gasteiger partial charge on any atom is 4.00 e. The SMILES string of the molecule is CC1=[C-]C(C)(C)C(C)=C1C.CC[Si]1([c-]2ccc(C)c2)CCC1.[Cl-].[Cl-].[Hf+4]. The molecule has 1 fully saturated rings. The van der Waals surface area contributed by atoms with Crippen LogP contribution in [0.5, 0.6) is 0 Å². The fourth-order valence-electron chi connectivity index (χ4n) is 3.75. The Morgan fingerprint density at radius 3 is 1.88 bits per heavy atom. The third-order valence-corrected chi connectivity index (χ3v) is 11.6. The van der Waals surface area contributed by atoms with E-state index in [1.165, 1.54) is 34.7 Å². The molecule has 1 heterocycles. The van der Waals surface area contributed by atoms with Crippen molar-refractivity contribution in [2.24, 2.45) is 5.41 Å². The van der Waals surface area contributed by atoms with Gasteiger partial charge in [-0.2, -0.15) is 28.5 Å². The van der Waals surface area contributed by atoms with Crippen molar-refractivity contribution in [3.63, 3.8) is 0 Å². The molecule has 0 bridgehead atoms. The molecule has 0 nitrogen and oxygen atoms in total. The Balaban J connectivity index is 0. The van der Waals surface area contributed by atoms with Gasteiger partial charge in [0.05, 0.1) is 0 Å². The minimum atomic E-state index is -0.872. The molecule has 0 N–H and O–H groups in total. The Labute approximate surface area is 187 Å². The van der Waals surface area contributed by atoms with Crippen molar-refractivity contribution in [2.45, 2.75) is 73.0 Å². The van der Waals surface area contributed by atoms with Crippen molar-refractivity contribution in [1.29, 1.82) is 0 Å². The van der Waals surface area contributed by atoms with Crippen LogP contribution < -0.4 is 30.0 Å². The quantitative estimate of drug-likeness (QED) is 0.350. The first kappa shape index (κ1) is 27.7. The minimum Gasteiger partial charge on any atom is -1.00 e. The first-order valence-corrected chi connectivity index (χ1v) is 11.4. The van der Waals surface area contributed by atoms with E-state index in [0.29, 0.717) is 0 Å². The predicted molar refractivity (Wildman–Crippen MR) is 101 cm³/mol. The molecule has 1 aliphatic carbocycles. The molecule has 3 rings (SSSR count). The van der Waals surface area contributed by atoms with Gasteiger partial charge in [-0.05, 0) is 0 Å². The van der Waals surface area contributed by atoms with E-state index in [4.69, 9.17) is 0 Å². The number of allylic oxidation sites excluding steroid dienone is 4. The Morgan fingerprint density at radius 2 is 1.68 bits per heavy atom. The first-order valence-electron chi connectivity index (χ1n) is 8.76. The van der Waals surface area contributed by atoms with E-state index in [1.807, 2.05) is 0 Å². The number of hydrogen-bond donors (Lipinski definition) is 0. The summed E-state index contributed by atoms with van der Waals surface area (Å²) in [5.41, 5.74) is 5.85. The number of rotatable bonds is 2. The zero-order valence-electron chi connectivity index (χ0n) is 16.8. The first-order chi connectivity index (χ1) is 10.2. The van der Waals surface area contributed by atoms with Gasteiger partial charge in [0, 0.05) is 8.07 Å². The van der Waals surface area contributed by atoms with Gasteiger partial charge in [0.1, 0.15) is 0 Å². The summed E-state index contributed by atoms with van der Waals surface area (Å²) < 4.78 is 0. The molecule has 0 radical (unpaired) electrons. The second-order valence-corrected chi connectivity index (χ2v) is 12.6. The van der Waals surface area contributed by atoms with Crippen LogP contribution in [0.25, 0.3) is 0 Å². The zero-order chi connectivity index (χ0) is 16.5. The summed E-state index contributed by atoms with van der Waals surface area (Å²) in [7, 11) is -0.872. The fourth-order valence-corrected chi connectivity index (χ4v) is 7.62. The van der Waals surface area contributed by atoms with Crippen molar-refractivity contribution in [3.05, 3.63) is 46.6 Å². The average molecular weight is 562 g/mol. The molecule has 0 spiro atoms. The zero-order valence-corrected chi connectivity index (χ0v) is 22.9. The van der Waals surface area contributed by atoms with Crippen LogP contribution in [0.2, 0.25) is 18.1 Å². The maximum atomic E-state index is 3.44. The molecule has 2 aliphatic rings. The summed E-state index contributed by atoms with van der Waals surface area (Å²) in [4.78, 5) is 0. The third kappa shape index (κ3) is 5.99. The molecule has 4 heteroatoms. The van der Waals surface area contributed by atoms with Crippen molar-refractivity contribution < 1.29 is 50.7 Å². The molecular weight excluding hydrogens is 530 g/mol. The Bertz CT molecular complexity index is 602. The van der Waals surface area contributed by atoms with Crippen molar-refractivity contribution in [2.75, 3.05) is 0 Å². The van der Waals surface area contributed by atoms with Gasteiger partial charge < -0.3 is 24.8 Å². The fraction of sp³-hybridized carbons (Fsp3) is 0.571. The van der Waals surface area contributed by atoms with Crippen molar-refractivity contribution >= 4 is 13.3 Å². The Hall–Kier alpha value is 0.497. The molecule has 0 saturated carbocycles. The van der Waals surface area contributed by atoms with Crippen LogP contribution in [-0.2, 0) is 25.8 Å². The average Bonchev–Trinajstić information content (AvgIpc) is 2.89. The molecule has 1 saturated heterocycles. The van der Waals surface area contributed by atoms with Gasteiger partial charge in [0.2, 0.25) is 0 Å². The molecule has 0 amide bonds. The second kappa shape index (κ2) is 10.7. The van der Waals surface area contributed by atoms with Crippen LogP contribution in [0.3, 0.4) is 0 Å². The summed E-state index contributed by atoms with van der Waals surface area (Å²) >= 11 is 0. The molecule has 138 valence electrons. The van der Waals surface area contributed by atoms with Gasteiger partial charge in [-0.1, -0.05) is 71.5 Å². The smallest absolute Gasteiger partial charge is 1.00 e. The van der Waals surface area contributed by atoms with E-state index in [1.54, 1.807) is 17.3 Å². The largest absolute Gasteiger partial charge is 4.00 e. The van der Waals surface area contributed by atoms with Gasteiger partial charge in [0.15, 0.2) is 0 Å². The summed E-state index contributed by atoms with van der Waals surface area (Å²) in [5.74, 6) is 0. The van der Waals surface area contributed by atoms with Crippen LogP contribution in [0.15, 0.2) is 34.9 Å². The van der Waals surface area contributed by atoms with Crippen molar-refractivity contribution in [3.8, 4) is 0 Å². The molecular formula is C21H32Cl2HfSi. The minimum absolute atomic E-state index is 0. The molecule has 0 unspecified atom stereocenters. The predicted octanol–water partition coefficient (Wildman–Crippen LogP) is -0.0891. The number of aryl methyl sites for hydroxylation is 1. The van der Waals surface area contributed by atoms with E-state index < -0.39 is 8.07 Å². The van der Waals surface area contributed by atoms with Crippen molar-refractivity contribution in [1.82, 2.24) is 0 Å². The van der Waals surface area contributed by atoms with E-state index in [-0.39, 0.29) is 56.1 Å². The molecule has 25 heavy (non-hydrogen) atoms. The van der Waals surface area contributed by atoms with E-state index in [2.05, 4.69) is 72.7 Å². The standard InChI is InChI=1S/C11H17Si.C10H15.2ClH.Hf/c1-3-12(7-4-8-12)11-6-5-10(2)9-11;1-7-6-10(4,5)9(3)8(7)2;;;/h5-6,9H,3-4,7-8H2,1-2H3;1-5H3;2*1H;/q2*-1;;;+4/p-2. The third-order valence-electron chi connectivity index (χ3n) is 6.07. The summed E-state index contributed by atoms with van der Waals surface area (Å²) in [6.45, 7) is 15.5. The van der Waals surface area contributed by atoms with Gasteiger partial charge >= 0.3 is 25.8 Å². The number of hydrogen-bond acceptors (Lipinski definition) is 0. The Kier molecular flexibility index (Phi) is 11.9. The van der Waals surface area contributed by atoms with Crippen LogP contribution >= 0.6 is 0 Å². The van der Waals surface area contributed by atoms with Gasteiger partial charge in [-0.3, -0.25) is 6.08 Å². The van der Waals surface area contributed by atoms with Crippen LogP contribution in [0, 0.1) is 18.4 Å². The maximum absolute atomic E-state index is 3.44. The molecule has 1 aliphatic heterocycles. The van der Waals surface area contributed by atoms with Crippen LogP contribution in [0.4, 0.5) is 0 Å². The molecule has 1 aromatic rings. The number of halogens is 2. The normalized spacial score (nSPS) is 19.2. The monoisotopic (exact) mass is 562 g/mol. The summed E-state index contributed by atoms with van der Waals surface area (Å²) in [6.07, 6.45) is 4.93. The Morgan fingerprint density at radius 1 is 1.12 bits per heavy atom. The molecule has 1 aromatic carbocycles. The van der Waals surface area contributed by atoms with E-state index >= 15 is 0 Å². The molecule has 0 atom stereocenters. The molecule has 0 aromatic heterocycles. The second-order valence-electron chi connectivity index (χ2n) is 7.79. The van der Waals surface area contributed by atoms with Gasteiger partial charge in [-0.25, -0.2) is 17.2 Å². The van der Waals surface area contributed by atoms with E-state index in [0.717, 1.165) is 0 Å². The van der Waals surface area contributed by atoms with Crippen LogP contribution in [0.1, 0.15) is 53.5 Å². The van der Waals surface area contributed by atoms with Gasteiger partial charge in [-0.15, -0.1) is 6.92 Å². The van der Waals surface area contributed by atoms with Gasteiger partial charge in [0.25, 0.3) is 0 Å². The topological polar surface area (TPSA) is 0 Å². The van der Waals surface area contributed by atoms with Crippen LogP contribution in [-0.4, -0.2) is 8.07 Å². The van der Waals surface area contributed by atoms with E-state index in [9.17, 15) is 0 Å². The summed E-state index contributed by atoms with van der Waals surface area (Å²) in [5, 5.41) is 1.73. The summed E-state index contributed by atoms with van der Waals surface area (Å²) in [6, 6.07) is 11.6.